The van der Waals surface area contributed by atoms with Gasteiger partial charge in [0.15, 0.2) is 0 Å². The number of hydrogen-bond donors (Lipinski definition) is 2. The number of aromatic amines is 1. The number of aromatic nitrogens is 1. The minimum Gasteiger partial charge on any atom is -0.495 e. The van der Waals surface area contributed by atoms with Crippen LogP contribution in [-0.2, 0) is 4.79 Å². The van der Waals surface area contributed by atoms with Gasteiger partial charge in [-0.05, 0) is 18.2 Å². The molecule has 1 aliphatic heterocycles. The molecule has 1 fully saturated rings. The molecule has 0 bridgehead atoms. The lowest BCUT2D eigenvalue weighted by Crippen LogP contribution is -2.17. The van der Waals surface area contributed by atoms with Gasteiger partial charge in [0.05, 0.1) is 12.8 Å². The van der Waals surface area contributed by atoms with Crippen molar-refractivity contribution in [2.24, 2.45) is 5.92 Å². The van der Waals surface area contributed by atoms with Gasteiger partial charge >= 0.3 is 0 Å². The highest BCUT2D eigenvalue weighted by molar-refractivity contribution is 14.1. The van der Waals surface area contributed by atoms with Crippen molar-refractivity contribution in [1.29, 1.82) is 0 Å². The topological polar surface area (TPSA) is 54.1 Å². The van der Waals surface area contributed by atoms with Crippen LogP contribution >= 0.6 is 22.6 Å². The quantitative estimate of drug-likeness (QED) is 0.479. The third-order valence-electron chi connectivity index (χ3n) is 3.34. The number of alkyl halides is 1. The number of carbonyl (C=O) groups excluding carboxylic acids is 1. The van der Waals surface area contributed by atoms with Gasteiger partial charge < -0.3 is 15.0 Å². The first-order valence-electron chi connectivity index (χ1n) is 5.97. The van der Waals surface area contributed by atoms with Crippen LogP contribution in [0.25, 0.3) is 6.08 Å². The van der Waals surface area contributed by atoms with E-state index in [4.69, 9.17) is 4.74 Å². The minimum absolute atomic E-state index is 0.0294. The van der Waals surface area contributed by atoms with E-state index in [0.717, 1.165) is 22.7 Å². The van der Waals surface area contributed by atoms with E-state index in [9.17, 15) is 4.79 Å². The van der Waals surface area contributed by atoms with Crippen LogP contribution in [0.5, 0.6) is 5.75 Å². The number of ether oxygens (including phenoxy) is 1. The van der Waals surface area contributed by atoms with Gasteiger partial charge in [-0.2, -0.15) is 0 Å². The molecule has 1 saturated heterocycles. The Morgan fingerprint density at radius 3 is 3.11 bits per heavy atom. The molecule has 0 spiro atoms. The molecule has 3 rings (SSSR count). The van der Waals surface area contributed by atoms with E-state index in [1.165, 1.54) is 0 Å². The largest absolute Gasteiger partial charge is 0.495 e. The molecular weight excluding hydrogens is 355 g/mol. The van der Waals surface area contributed by atoms with Crippen LogP contribution in [0.2, 0.25) is 0 Å². The van der Waals surface area contributed by atoms with Crippen molar-refractivity contribution in [3.05, 3.63) is 47.5 Å². The molecule has 0 aromatic carbocycles. The summed E-state index contributed by atoms with van der Waals surface area (Å²) in [6, 6.07) is 1.85. The molecule has 1 aromatic rings. The molecule has 19 heavy (non-hydrogen) atoms. The van der Waals surface area contributed by atoms with Crippen molar-refractivity contribution in [3.8, 4) is 5.75 Å². The molecule has 4 nitrogen and oxygen atoms in total. The standard InChI is InChI=1S/C14H13IN2O2/c1-19-12-5-6-16-11(12)7-8-13-9(15)3-2-4-10(13)17-14(8)18/h2-7,9,13,16H,1H3,(H,17,18). The lowest BCUT2D eigenvalue weighted by molar-refractivity contribution is -0.115. The number of rotatable bonds is 2. The first-order valence-corrected chi connectivity index (χ1v) is 7.22. The van der Waals surface area contributed by atoms with E-state index >= 15 is 0 Å². The second-order valence-electron chi connectivity index (χ2n) is 4.44. The third kappa shape index (κ3) is 2.11. The van der Waals surface area contributed by atoms with Crippen molar-refractivity contribution in [2.75, 3.05) is 7.11 Å². The minimum atomic E-state index is -0.0294. The summed E-state index contributed by atoms with van der Waals surface area (Å²) in [4.78, 5) is 15.2. The Labute approximate surface area is 124 Å². The Morgan fingerprint density at radius 2 is 2.32 bits per heavy atom. The van der Waals surface area contributed by atoms with Crippen LogP contribution in [0.1, 0.15) is 5.69 Å². The lowest BCUT2D eigenvalue weighted by atomic mass is 9.92. The van der Waals surface area contributed by atoms with Crippen molar-refractivity contribution in [3.63, 3.8) is 0 Å². The number of halogens is 1. The fourth-order valence-corrected chi connectivity index (χ4v) is 3.44. The first kappa shape index (κ1) is 12.5. The van der Waals surface area contributed by atoms with Crippen molar-refractivity contribution >= 4 is 34.6 Å². The highest BCUT2D eigenvalue weighted by Crippen LogP contribution is 2.37. The van der Waals surface area contributed by atoms with Gasteiger partial charge in [0, 0.05) is 27.3 Å². The molecule has 2 aliphatic rings. The Bertz CT molecular complexity index is 613. The molecule has 98 valence electrons. The fourth-order valence-electron chi connectivity index (χ4n) is 2.42. The zero-order valence-corrected chi connectivity index (χ0v) is 12.5. The number of amides is 1. The summed E-state index contributed by atoms with van der Waals surface area (Å²) < 4.78 is 5.54. The van der Waals surface area contributed by atoms with Gasteiger partial charge in [-0.15, -0.1) is 0 Å². The van der Waals surface area contributed by atoms with Crippen LogP contribution in [-0.4, -0.2) is 21.9 Å². The summed E-state index contributed by atoms with van der Waals surface area (Å²) in [7, 11) is 1.62. The number of hydrogen-bond acceptors (Lipinski definition) is 2. The summed E-state index contributed by atoms with van der Waals surface area (Å²) in [5, 5.41) is 2.93. The average Bonchev–Trinajstić information content (AvgIpc) is 2.96. The van der Waals surface area contributed by atoms with Crippen LogP contribution in [0.15, 0.2) is 41.8 Å². The van der Waals surface area contributed by atoms with Crippen molar-refractivity contribution in [1.82, 2.24) is 10.3 Å². The highest BCUT2D eigenvalue weighted by atomic mass is 127. The van der Waals surface area contributed by atoms with Crippen LogP contribution in [0, 0.1) is 5.92 Å². The lowest BCUT2D eigenvalue weighted by Gasteiger charge is -2.18. The van der Waals surface area contributed by atoms with E-state index < -0.39 is 0 Å². The molecule has 1 aromatic heterocycles. The number of carbonyl (C=O) groups is 1. The second kappa shape index (κ2) is 4.88. The molecule has 1 aliphatic carbocycles. The third-order valence-corrected chi connectivity index (χ3v) is 4.47. The maximum absolute atomic E-state index is 12.1. The molecule has 2 atom stereocenters. The van der Waals surface area contributed by atoms with Gasteiger partial charge in [-0.1, -0.05) is 34.7 Å². The summed E-state index contributed by atoms with van der Waals surface area (Å²) in [5.74, 6) is 0.818. The Kier molecular flexibility index (Phi) is 3.22. The first-order chi connectivity index (χ1) is 9.20. The van der Waals surface area contributed by atoms with Gasteiger partial charge in [-0.3, -0.25) is 4.79 Å². The molecule has 1 amide bonds. The van der Waals surface area contributed by atoms with E-state index in [1.54, 1.807) is 13.3 Å². The smallest absolute Gasteiger partial charge is 0.252 e. The number of nitrogens with one attached hydrogen (secondary N) is 2. The normalized spacial score (nSPS) is 27.2. The van der Waals surface area contributed by atoms with E-state index in [0.29, 0.717) is 0 Å². The van der Waals surface area contributed by atoms with Crippen molar-refractivity contribution in [2.45, 2.75) is 3.92 Å². The summed E-state index contributed by atoms with van der Waals surface area (Å²) in [6.07, 6.45) is 9.74. The van der Waals surface area contributed by atoms with Crippen molar-refractivity contribution < 1.29 is 9.53 Å². The maximum atomic E-state index is 12.1. The number of fused-ring (bicyclic) bond motifs is 1. The van der Waals surface area contributed by atoms with E-state index in [2.05, 4.69) is 39.0 Å². The van der Waals surface area contributed by atoms with Gasteiger partial charge in [0.25, 0.3) is 5.91 Å². The monoisotopic (exact) mass is 368 g/mol. The molecule has 2 unspecified atom stereocenters. The molecule has 0 saturated carbocycles. The van der Waals surface area contributed by atoms with E-state index in [-0.39, 0.29) is 15.7 Å². The second-order valence-corrected chi connectivity index (χ2v) is 5.88. The number of H-pyrrole nitrogens is 1. The van der Waals surface area contributed by atoms with Gasteiger partial charge in [-0.25, -0.2) is 0 Å². The molecule has 5 heteroatoms. The maximum Gasteiger partial charge on any atom is 0.252 e. The van der Waals surface area contributed by atoms with Crippen LogP contribution in [0.3, 0.4) is 0 Å². The summed E-state index contributed by atoms with van der Waals surface area (Å²) >= 11 is 2.36. The predicted molar refractivity (Wildman–Crippen MR) is 82.0 cm³/mol. The van der Waals surface area contributed by atoms with Gasteiger partial charge in [0.2, 0.25) is 0 Å². The predicted octanol–water partition coefficient (Wildman–Crippen LogP) is 2.41. The van der Waals surface area contributed by atoms with Gasteiger partial charge in [0.1, 0.15) is 5.75 Å². The zero-order valence-electron chi connectivity index (χ0n) is 10.3. The summed E-state index contributed by atoms with van der Waals surface area (Å²) in [6.45, 7) is 0. The Balaban J connectivity index is 2.02. The molecule has 2 N–H and O–H groups in total. The SMILES string of the molecule is COc1cc[nH]c1C=C1C(=O)NC2=CC=CC(I)C21. The van der Waals surface area contributed by atoms with Crippen LogP contribution < -0.4 is 10.1 Å². The fraction of sp³-hybridized carbons (Fsp3) is 0.214. The molecule has 2 heterocycles. The van der Waals surface area contributed by atoms with E-state index in [1.807, 2.05) is 24.3 Å². The van der Waals surface area contributed by atoms with Crippen LogP contribution in [0.4, 0.5) is 0 Å². The Hall–Kier alpha value is -1.50. The number of methoxy groups -OCH3 is 1. The number of allylic oxidation sites excluding steroid dienone is 4. The summed E-state index contributed by atoms with van der Waals surface area (Å²) in [5.41, 5.74) is 2.58. The molecular formula is C14H13IN2O2. The highest BCUT2D eigenvalue weighted by Gasteiger charge is 2.37. The average molecular weight is 368 g/mol. The zero-order chi connectivity index (χ0) is 13.4. The Morgan fingerprint density at radius 1 is 1.47 bits per heavy atom. The molecule has 0 radical (unpaired) electrons.